The lowest BCUT2D eigenvalue weighted by atomic mass is 9.75. The molecule has 4 heteroatoms. The maximum absolute atomic E-state index is 12.4. The molecule has 0 aromatic heterocycles. The molecular weight excluding hydrogens is 268 g/mol. The van der Waals surface area contributed by atoms with E-state index in [9.17, 15) is 14.7 Å². The molecule has 0 aliphatic rings. The fourth-order valence-electron chi connectivity index (χ4n) is 2.25. The van der Waals surface area contributed by atoms with Gasteiger partial charge in [-0.1, -0.05) is 35.4 Å². The summed E-state index contributed by atoms with van der Waals surface area (Å²) in [6.07, 6.45) is 0.582. The van der Waals surface area contributed by atoms with Crippen LogP contribution in [0.1, 0.15) is 37.8 Å². The molecule has 1 atom stereocenters. The van der Waals surface area contributed by atoms with Crippen LogP contribution in [0.4, 0.5) is 0 Å². The van der Waals surface area contributed by atoms with E-state index in [2.05, 4.69) is 6.58 Å². The number of carboxylic acid groups (broad SMARTS) is 1. The van der Waals surface area contributed by atoms with E-state index in [4.69, 9.17) is 4.74 Å². The molecule has 1 unspecified atom stereocenters. The minimum absolute atomic E-state index is 0.139. The minimum atomic E-state index is -1.68. The predicted octanol–water partition coefficient (Wildman–Crippen LogP) is 3.24. The number of aryl methyl sites for hydroxylation is 1. The van der Waals surface area contributed by atoms with E-state index in [0.717, 1.165) is 11.1 Å². The fourth-order valence-corrected chi connectivity index (χ4v) is 2.25. The molecule has 0 saturated heterocycles. The van der Waals surface area contributed by atoms with Crippen LogP contribution in [-0.4, -0.2) is 23.7 Å². The Balaban J connectivity index is 3.39. The average Bonchev–Trinajstić information content (AvgIpc) is 2.39. The van der Waals surface area contributed by atoms with Gasteiger partial charge in [0.05, 0.1) is 6.61 Å². The van der Waals surface area contributed by atoms with Gasteiger partial charge in [0.25, 0.3) is 0 Å². The number of aliphatic carboxylic acids is 1. The van der Waals surface area contributed by atoms with Gasteiger partial charge in [0.2, 0.25) is 0 Å². The molecule has 0 aliphatic carbocycles. The number of ether oxygens (including phenoxy) is 1. The molecule has 0 spiro atoms. The fraction of sp³-hybridized carbons (Fsp3) is 0.412. The Kier molecular flexibility index (Phi) is 5.70. The van der Waals surface area contributed by atoms with Gasteiger partial charge in [0.15, 0.2) is 5.41 Å². The first-order valence-electron chi connectivity index (χ1n) is 6.96. The van der Waals surface area contributed by atoms with Crippen molar-refractivity contribution in [1.29, 1.82) is 0 Å². The number of hydrogen-bond donors (Lipinski definition) is 1. The van der Waals surface area contributed by atoms with Crippen molar-refractivity contribution in [2.45, 2.75) is 39.0 Å². The van der Waals surface area contributed by atoms with Crippen LogP contribution in [0.25, 0.3) is 0 Å². The molecule has 0 saturated carbocycles. The van der Waals surface area contributed by atoms with Gasteiger partial charge in [-0.3, -0.25) is 9.59 Å². The Bertz CT molecular complexity index is 547. The Hall–Kier alpha value is -2.10. The van der Waals surface area contributed by atoms with Crippen molar-refractivity contribution in [2.24, 2.45) is 0 Å². The molecular formula is C17H22O4. The third-order valence-corrected chi connectivity index (χ3v) is 3.43. The number of carboxylic acids is 1. The van der Waals surface area contributed by atoms with Crippen LogP contribution in [0.3, 0.4) is 0 Å². The molecule has 0 fully saturated rings. The number of carbonyl (C=O) groups is 2. The zero-order valence-corrected chi connectivity index (χ0v) is 12.8. The summed E-state index contributed by atoms with van der Waals surface area (Å²) >= 11 is 0. The van der Waals surface area contributed by atoms with Crippen LogP contribution < -0.4 is 0 Å². The van der Waals surface area contributed by atoms with Gasteiger partial charge in [-0.05, 0) is 39.2 Å². The number of allylic oxidation sites excluding steroid dienone is 1. The Morgan fingerprint density at radius 3 is 2.52 bits per heavy atom. The smallest absolute Gasteiger partial charge is 0.328 e. The summed E-state index contributed by atoms with van der Waals surface area (Å²) < 4.78 is 5.05. The zero-order valence-electron chi connectivity index (χ0n) is 12.8. The van der Waals surface area contributed by atoms with Gasteiger partial charge in [0.1, 0.15) is 0 Å². The van der Waals surface area contributed by atoms with E-state index >= 15 is 0 Å². The highest BCUT2D eigenvalue weighted by Gasteiger charge is 2.49. The van der Waals surface area contributed by atoms with Crippen LogP contribution in [0.15, 0.2) is 36.4 Å². The maximum atomic E-state index is 12.4. The summed E-state index contributed by atoms with van der Waals surface area (Å²) in [5.74, 6) is -1.91. The standard InChI is InChI=1S/C17H22O4/c1-5-21-16(20)17(15(18)19,10-9-12(2)3)14-8-6-7-13(4)11-14/h6-8,11H,2,5,9-10H2,1,3-4H3,(H,18,19). The minimum Gasteiger partial charge on any atom is -0.480 e. The lowest BCUT2D eigenvalue weighted by Crippen LogP contribution is -2.45. The van der Waals surface area contributed by atoms with E-state index in [1.54, 1.807) is 25.1 Å². The SMILES string of the molecule is C=C(C)CCC(C(=O)O)(C(=O)OCC)c1cccc(C)c1. The van der Waals surface area contributed by atoms with Gasteiger partial charge < -0.3 is 9.84 Å². The number of carbonyl (C=O) groups excluding carboxylic acids is 1. The average molecular weight is 290 g/mol. The van der Waals surface area contributed by atoms with Crippen LogP contribution in [0.5, 0.6) is 0 Å². The normalized spacial score (nSPS) is 13.3. The zero-order chi connectivity index (χ0) is 16.0. The summed E-state index contributed by atoms with van der Waals surface area (Å²) in [5, 5.41) is 9.75. The number of rotatable bonds is 7. The quantitative estimate of drug-likeness (QED) is 0.475. The summed E-state index contributed by atoms with van der Waals surface area (Å²) in [5.41, 5.74) is 0.506. The van der Waals surface area contributed by atoms with E-state index in [1.807, 2.05) is 19.9 Å². The lowest BCUT2D eigenvalue weighted by molar-refractivity contribution is -0.162. The van der Waals surface area contributed by atoms with Gasteiger partial charge in [-0.2, -0.15) is 0 Å². The van der Waals surface area contributed by atoms with Crippen LogP contribution >= 0.6 is 0 Å². The summed E-state index contributed by atoms with van der Waals surface area (Å²) in [4.78, 5) is 24.3. The summed E-state index contributed by atoms with van der Waals surface area (Å²) in [7, 11) is 0. The van der Waals surface area contributed by atoms with Crippen LogP contribution in [0.2, 0.25) is 0 Å². The number of benzene rings is 1. The lowest BCUT2D eigenvalue weighted by Gasteiger charge is -2.28. The Labute approximate surface area is 125 Å². The molecule has 114 valence electrons. The van der Waals surface area contributed by atoms with Crippen molar-refractivity contribution in [1.82, 2.24) is 0 Å². The molecule has 0 amide bonds. The van der Waals surface area contributed by atoms with Gasteiger partial charge in [-0.15, -0.1) is 6.58 Å². The largest absolute Gasteiger partial charge is 0.480 e. The molecule has 1 N–H and O–H groups in total. The third-order valence-electron chi connectivity index (χ3n) is 3.43. The molecule has 21 heavy (non-hydrogen) atoms. The highest BCUT2D eigenvalue weighted by molar-refractivity contribution is 6.05. The molecule has 1 rings (SSSR count). The second kappa shape index (κ2) is 7.07. The first kappa shape index (κ1) is 17.0. The Morgan fingerprint density at radius 1 is 1.38 bits per heavy atom. The highest BCUT2D eigenvalue weighted by Crippen LogP contribution is 2.33. The first-order valence-corrected chi connectivity index (χ1v) is 6.96. The van der Waals surface area contributed by atoms with Crippen molar-refractivity contribution in [3.05, 3.63) is 47.5 Å². The van der Waals surface area contributed by atoms with Crippen LogP contribution in [0, 0.1) is 6.92 Å². The molecule has 0 heterocycles. The number of hydrogen-bond acceptors (Lipinski definition) is 3. The third kappa shape index (κ3) is 3.72. The molecule has 1 aromatic carbocycles. The molecule has 1 aromatic rings. The predicted molar refractivity (Wildman–Crippen MR) is 81.2 cm³/mol. The number of esters is 1. The monoisotopic (exact) mass is 290 g/mol. The highest BCUT2D eigenvalue weighted by atomic mass is 16.5. The second-order valence-electron chi connectivity index (χ2n) is 5.26. The Morgan fingerprint density at radius 2 is 2.05 bits per heavy atom. The van der Waals surface area contributed by atoms with Crippen molar-refractivity contribution in [3.63, 3.8) is 0 Å². The first-order chi connectivity index (χ1) is 9.84. The van der Waals surface area contributed by atoms with Crippen molar-refractivity contribution >= 4 is 11.9 Å². The molecule has 4 nitrogen and oxygen atoms in total. The second-order valence-corrected chi connectivity index (χ2v) is 5.26. The van der Waals surface area contributed by atoms with Gasteiger partial charge in [-0.25, -0.2) is 0 Å². The van der Waals surface area contributed by atoms with Gasteiger partial charge in [0, 0.05) is 0 Å². The van der Waals surface area contributed by atoms with Crippen molar-refractivity contribution in [2.75, 3.05) is 6.61 Å². The molecule has 0 aliphatic heterocycles. The van der Waals surface area contributed by atoms with Crippen LogP contribution in [-0.2, 0) is 19.7 Å². The summed E-state index contributed by atoms with van der Waals surface area (Å²) in [6, 6.07) is 7.00. The van der Waals surface area contributed by atoms with E-state index in [1.165, 1.54) is 0 Å². The molecule has 0 radical (unpaired) electrons. The van der Waals surface area contributed by atoms with Crippen molar-refractivity contribution in [3.8, 4) is 0 Å². The van der Waals surface area contributed by atoms with E-state index in [0.29, 0.717) is 12.0 Å². The van der Waals surface area contributed by atoms with E-state index in [-0.39, 0.29) is 13.0 Å². The molecule has 0 bridgehead atoms. The maximum Gasteiger partial charge on any atom is 0.328 e. The van der Waals surface area contributed by atoms with Crippen molar-refractivity contribution < 1.29 is 19.4 Å². The van der Waals surface area contributed by atoms with E-state index < -0.39 is 17.4 Å². The summed E-state index contributed by atoms with van der Waals surface area (Å²) in [6.45, 7) is 9.28. The van der Waals surface area contributed by atoms with Gasteiger partial charge >= 0.3 is 11.9 Å². The topological polar surface area (TPSA) is 63.6 Å².